The van der Waals surface area contributed by atoms with Crippen LogP contribution in [0.5, 0.6) is 0 Å². The molecule has 1 aliphatic heterocycles. The standard InChI is InChI=1S/C23H19F3N2O3/c24-23(25,26)17-7-4-14(5-8-17)12-28-20-9-6-15(10-16(20)11-22(28)31)18-2-1-3-19(27-18)21(30)13-29/h1-10,21,29-30H,11-13H2. The molecule has 0 radical (unpaired) electrons. The second-order valence-electron chi connectivity index (χ2n) is 7.34. The number of halogens is 3. The number of hydrogen-bond donors (Lipinski definition) is 2. The van der Waals surface area contributed by atoms with Gasteiger partial charge in [-0.2, -0.15) is 13.2 Å². The van der Waals surface area contributed by atoms with Gasteiger partial charge in [0.1, 0.15) is 6.10 Å². The van der Waals surface area contributed by atoms with Crippen molar-refractivity contribution in [2.75, 3.05) is 11.5 Å². The molecule has 1 atom stereocenters. The number of carbonyl (C=O) groups excluding carboxylic acids is 1. The minimum Gasteiger partial charge on any atom is -0.393 e. The molecular formula is C23H19F3N2O3. The molecule has 160 valence electrons. The van der Waals surface area contributed by atoms with Gasteiger partial charge in [0.05, 0.1) is 36.5 Å². The normalized spacial score (nSPS) is 14.6. The minimum atomic E-state index is -4.40. The fraction of sp³-hybridized carbons (Fsp3) is 0.217. The van der Waals surface area contributed by atoms with Gasteiger partial charge in [0.15, 0.2) is 0 Å². The highest BCUT2D eigenvalue weighted by atomic mass is 19.4. The van der Waals surface area contributed by atoms with Gasteiger partial charge in [-0.25, -0.2) is 4.98 Å². The van der Waals surface area contributed by atoms with E-state index < -0.39 is 24.5 Å². The molecule has 0 bridgehead atoms. The highest BCUT2D eigenvalue weighted by molar-refractivity contribution is 6.01. The van der Waals surface area contributed by atoms with Gasteiger partial charge in [0, 0.05) is 11.3 Å². The summed E-state index contributed by atoms with van der Waals surface area (Å²) in [7, 11) is 0. The monoisotopic (exact) mass is 428 g/mol. The van der Waals surface area contributed by atoms with E-state index in [4.69, 9.17) is 5.11 Å². The van der Waals surface area contributed by atoms with Crippen LogP contribution < -0.4 is 4.90 Å². The summed E-state index contributed by atoms with van der Waals surface area (Å²) in [5, 5.41) is 18.9. The van der Waals surface area contributed by atoms with Crippen molar-refractivity contribution in [3.63, 3.8) is 0 Å². The zero-order valence-corrected chi connectivity index (χ0v) is 16.3. The first-order chi connectivity index (χ1) is 14.8. The maximum atomic E-state index is 12.8. The molecule has 0 spiro atoms. The number of pyridine rings is 1. The highest BCUT2D eigenvalue weighted by Gasteiger charge is 2.31. The van der Waals surface area contributed by atoms with Gasteiger partial charge in [-0.1, -0.05) is 24.3 Å². The van der Waals surface area contributed by atoms with Gasteiger partial charge >= 0.3 is 6.18 Å². The summed E-state index contributed by atoms with van der Waals surface area (Å²) in [5.41, 5.74) is 3.09. The van der Waals surface area contributed by atoms with Crippen molar-refractivity contribution in [3.8, 4) is 11.3 Å². The average Bonchev–Trinajstić information content (AvgIpc) is 3.07. The third kappa shape index (κ3) is 4.30. The summed E-state index contributed by atoms with van der Waals surface area (Å²) >= 11 is 0. The first-order valence-electron chi connectivity index (χ1n) is 9.62. The number of hydrogen-bond acceptors (Lipinski definition) is 4. The lowest BCUT2D eigenvalue weighted by molar-refractivity contribution is -0.137. The van der Waals surface area contributed by atoms with E-state index in [0.29, 0.717) is 22.6 Å². The second kappa shape index (κ2) is 8.13. The molecule has 1 aromatic heterocycles. The molecule has 4 rings (SSSR count). The van der Waals surface area contributed by atoms with E-state index in [9.17, 15) is 23.1 Å². The van der Waals surface area contributed by atoms with E-state index in [2.05, 4.69) is 4.98 Å². The third-order valence-electron chi connectivity index (χ3n) is 5.22. The van der Waals surface area contributed by atoms with Crippen LogP contribution in [0.4, 0.5) is 18.9 Å². The summed E-state index contributed by atoms with van der Waals surface area (Å²) in [6.07, 6.45) is -5.29. The molecule has 8 heteroatoms. The Morgan fingerprint density at radius 3 is 2.48 bits per heavy atom. The number of rotatable bonds is 5. The molecule has 2 N–H and O–H groups in total. The van der Waals surface area contributed by atoms with E-state index in [1.807, 2.05) is 6.07 Å². The van der Waals surface area contributed by atoms with Crippen LogP contribution in [0.3, 0.4) is 0 Å². The summed E-state index contributed by atoms with van der Waals surface area (Å²) < 4.78 is 38.3. The summed E-state index contributed by atoms with van der Waals surface area (Å²) in [6.45, 7) is -0.256. The Labute approximate surface area is 176 Å². The van der Waals surface area contributed by atoms with E-state index in [1.54, 1.807) is 35.2 Å². The Morgan fingerprint density at radius 1 is 1.06 bits per heavy atom. The largest absolute Gasteiger partial charge is 0.416 e. The van der Waals surface area contributed by atoms with Crippen LogP contribution in [0, 0.1) is 0 Å². The smallest absolute Gasteiger partial charge is 0.393 e. The Kier molecular flexibility index (Phi) is 5.51. The topological polar surface area (TPSA) is 73.7 Å². The number of benzene rings is 2. The number of carbonyl (C=O) groups is 1. The van der Waals surface area contributed by atoms with E-state index >= 15 is 0 Å². The van der Waals surface area contributed by atoms with E-state index in [1.165, 1.54) is 12.1 Å². The van der Waals surface area contributed by atoms with Crippen LogP contribution in [-0.4, -0.2) is 27.7 Å². The van der Waals surface area contributed by atoms with Crippen molar-refractivity contribution in [2.24, 2.45) is 0 Å². The van der Waals surface area contributed by atoms with E-state index in [-0.39, 0.29) is 18.9 Å². The van der Waals surface area contributed by atoms with Gasteiger partial charge in [-0.05, 0) is 47.5 Å². The van der Waals surface area contributed by atoms with Crippen LogP contribution in [0.25, 0.3) is 11.3 Å². The first-order valence-corrected chi connectivity index (χ1v) is 9.62. The van der Waals surface area contributed by atoms with Crippen LogP contribution in [-0.2, 0) is 23.9 Å². The number of amides is 1. The number of anilines is 1. The van der Waals surface area contributed by atoms with E-state index in [0.717, 1.165) is 23.3 Å². The zero-order chi connectivity index (χ0) is 22.2. The second-order valence-corrected chi connectivity index (χ2v) is 7.34. The quantitative estimate of drug-likeness (QED) is 0.647. The Bertz CT molecular complexity index is 1110. The maximum absolute atomic E-state index is 12.8. The predicted molar refractivity (Wildman–Crippen MR) is 108 cm³/mol. The van der Waals surface area contributed by atoms with Crippen molar-refractivity contribution in [3.05, 3.63) is 83.0 Å². The van der Waals surface area contributed by atoms with Crippen molar-refractivity contribution in [2.45, 2.75) is 25.2 Å². The van der Waals surface area contributed by atoms with Crippen molar-refractivity contribution in [1.82, 2.24) is 4.98 Å². The van der Waals surface area contributed by atoms with Crippen molar-refractivity contribution in [1.29, 1.82) is 0 Å². The number of fused-ring (bicyclic) bond motifs is 1. The fourth-order valence-electron chi connectivity index (χ4n) is 3.59. The zero-order valence-electron chi connectivity index (χ0n) is 16.3. The molecule has 0 saturated heterocycles. The minimum absolute atomic E-state index is 0.135. The molecule has 0 fully saturated rings. The van der Waals surface area contributed by atoms with Crippen LogP contribution in [0.1, 0.15) is 28.5 Å². The molecule has 5 nitrogen and oxygen atoms in total. The van der Waals surface area contributed by atoms with Gasteiger partial charge in [0.25, 0.3) is 0 Å². The number of aliphatic hydroxyl groups is 2. The molecule has 0 saturated carbocycles. The summed E-state index contributed by atoms with van der Waals surface area (Å²) in [4.78, 5) is 18.5. The van der Waals surface area contributed by atoms with Crippen molar-refractivity contribution >= 4 is 11.6 Å². The third-order valence-corrected chi connectivity index (χ3v) is 5.22. The maximum Gasteiger partial charge on any atom is 0.416 e. The van der Waals surface area contributed by atoms with Gasteiger partial charge in [-0.15, -0.1) is 0 Å². The molecule has 3 aromatic rings. The number of aromatic nitrogens is 1. The molecule has 1 aliphatic rings. The van der Waals surface area contributed by atoms with Gasteiger partial charge < -0.3 is 15.1 Å². The van der Waals surface area contributed by atoms with Gasteiger partial charge in [-0.3, -0.25) is 4.79 Å². The molecule has 2 aromatic carbocycles. The van der Waals surface area contributed by atoms with Gasteiger partial charge in [0.2, 0.25) is 5.91 Å². The average molecular weight is 428 g/mol. The molecule has 1 unspecified atom stereocenters. The Morgan fingerprint density at radius 2 is 1.81 bits per heavy atom. The SMILES string of the molecule is O=C1Cc2cc(-c3cccc(C(O)CO)n3)ccc2N1Cc1ccc(C(F)(F)F)cc1. The lowest BCUT2D eigenvalue weighted by Crippen LogP contribution is -2.26. The lowest BCUT2D eigenvalue weighted by Gasteiger charge is -2.18. The number of aliphatic hydroxyl groups excluding tert-OH is 2. The summed E-state index contributed by atoms with van der Waals surface area (Å²) in [6, 6.07) is 15.3. The first kappa shape index (κ1) is 21.0. The van der Waals surface area contributed by atoms with Crippen LogP contribution in [0.2, 0.25) is 0 Å². The lowest BCUT2D eigenvalue weighted by atomic mass is 10.0. The number of nitrogens with zero attached hydrogens (tertiary/aromatic N) is 2. The molecule has 0 aliphatic carbocycles. The van der Waals surface area contributed by atoms with Crippen LogP contribution in [0.15, 0.2) is 60.7 Å². The van der Waals surface area contributed by atoms with Crippen molar-refractivity contribution < 1.29 is 28.2 Å². The molecule has 2 heterocycles. The molecular weight excluding hydrogens is 409 g/mol. The fourth-order valence-corrected chi connectivity index (χ4v) is 3.59. The number of alkyl halides is 3. The molecule has 1 amide bonds. The Hall–Kier alpha value is -3.23. The summed E-state index contributed by atoms with van der Waals surface area (Å²) in [5.74, 6) is -0.135. The Balaban J connectivity index is 1.58. The predicted octanol–water partition coefficient (Wildman–Crippen LogP) is 3.88. The highest BCUT2D eigenvalue weighted by Crippen LogP contribution is 2.34. The van der Waals surface area contributed by atoms with Crippen LogP contribution >= 0.6 is 0 Å². The molecule has 31 heavy (non-hydrogen) atoms.